The summed E-state index contributed by atoms with van der Waals surface area (Å²) in [5, 5.41) is 4.33. The molecule has 0 aliphatic heterocycles. The van der Waals surface area contributed by atoms with Gasteiger partial charge in [-0.15, -0.1) is 0 Å². The van der Waals surface area contributed by atoms with Gasteiger partial charge in [0, 0.05) is 18.1 Å². The number of likely N-dealkylation sites (N-methyl/N-ethyl adjacent to an activating group) is 1. The Labute approximate surface area is 123 Å². The summed E-state index contributed by atoms with van der Waals surface area (Å²) >= 11 is 5.95. The van der Waals surface area contributed by atoms with E-state index in [4.69, 9.17) is 11.6 Å². The summed E-state index contributed by atoms with van der Waals surface area (Å²) in [6.07, 6.45) is 1.17. The number of nitrogens with zero attached hydrogens (tertiary/aromatic N) is 1. The van der Waals surface area contributed by atoms with E-state index in [2.05, 4.69) is 50.3 Å². The van der Waals surface area contributed by atoms with E-state index in [1.165, 1.54) is 12.0 Å². The molecule has 0 unspecified atom stereocenters. The van der Waals surface area contributed by atoms with E-state index in [-0.39, 0.29) is 0 Å². The number of hydrogen-bond acceptors (Lipinski definition) is 2. The molecule has 0 heterocycles. The first-order valence-electron chi connectivity index (χ1n) is 7.11. The van der Waals surface area contributed by atoms with Gasteiger partial charge in [-0.3, -0.25) is 0 Å². The lowest BCUT2D eigenvalue weighted by Crippen LogP contribution is -2.28. The third-order valence-corrected chi connectivity index (χ3v) is 3.72. The molecule has 0 radical (unpaired) electrons. The van der Waals surface area contributed by atoms with Crippen LogP contribution in [0.25, 0.3) is 0 Å². The second kappa shape index (κ2) is 8.57. The molecule has 1 N–H and O–H groups in total. The van der Waals surface area contributed by atoms with Crippen LogP contribution < -0.4 is 5.32 Å². The topological polar surface area (TPSA) is 15.3 Å². The Morgan fingerprint density at radius 1 is 1.11 bits per heavy atom. The number of hydrogen-bond donors (Lipinski definition) is 1. The van der Waals surface area contributed by atoms with Gasteiger partial charge in [0.2, 0.25) is 0 Å². The van der Waals surface area contributed by atoms with Crippen LogP contribution in [0.15, 0.2) is 24.3 Å². The van der Waals surface area contributed by atoms with Crippen molar-refractivity contribution in [2.24, 2.45) is 5.92 Å². The van der Waals surface area contributed by atoms with Crippen molar-refractivity contribution in [2.45, 2.75) is 26.2 Å². The molecule has 0 aliphatic carbocycles. The van der Waals surface area contributed by atoms with Gasteiger partial charge >= 0.3 is 0 Å². The highest BCUT2D eigenvalue weighted by Crippen LogP contribution is 2.28. The zero-order valence-electron chi connectivity index (χ0n) is 12.6. The van der Waals surface area contributed by atoms with Crippen molar-refractivity contribution in [3.63, 3.8) is 0 Å². The highest BCUT2D eigenvalue weighted by Gasteiger charge is 2.15. The van der Waals surface area contributed by atoms with Crippen LogP contribution in [-0.2, 0) is 0 Å². The molecular weight excluding hydrogens is 256 g/mol. The molecule has 2 nitrogen and oxygen atoms in total. The predicted molar refractivity (Wildman–Crippen MR) is 85.1 cm³/mol. The van der Waals surface area contributed by atoms with E-state index < -0.39 is 0 Å². The standard InChI is InChI=1S/C16H27ClN2/c1-13(2)16(9-10-18-11-12-19(3)4)14-5-7-15(17)8-6-14/h5-8,13,16,18H,9-12H2,1-4H3/t16-/m0/s1. The second-order valence-electron chi connectivity index (χ2n) is 5.74. The SMILES string of the molecule is CC(C)[C@H](CCNCCN(C)C)c1ccc(Cl)cc1. The molecule has 0 amide bonds. The monoisotopic (exact) mass is 282 g/mol. The largest absolute Gasteiger partial charge is 0.315 e. The van der Waals surface area contributed by atoms with Crippen molar-refractivity contribution in [1.29, 1.82) is 0 Å². The molecule has 0 spiro atoms. The molecule has 0 bridgehead atoms. The molecule has 3 heteroatoms. The van der Waals surface area contributed by atoms with Crippen molar-refractivity contribution in [3.8, 4) is 0 Å². The van der Waals surface area contributed by atoms with Crippen molar-refractivity contribution in [2.75, 3.05) is 33.7 Å². The predicted octanol–water partition coefficient (Wildman–Crippen LogP) is 3.62. The third kappa shape index (κ3) is 6.42. The van der Waals surface area contributed by atoms with Crippen molar-refractivity contribution >= 4 is 11.6 Å². The molecule has 0 fully saturated rings. The van der Waals surface area contributed by atoms with E-state index >= 15 is 0 Å². The van der Waals surface area contributed by atoms with Crippen LogP contribution in [0.1, 0.15) is 31.7 Å². The summed E-state index contributed by atoms with van der Waals surface area (Å²) in [5.41, 5.74) is 1.40. The minimum Gasteiger partial charge on any atom is -0.315 e. The Morgan fingerprint density at radius 2 is 1.74 bits per heavy atom. The minimum absolute atomic E-state index is 0.601. The lowest BCUT2D eigenvalue weighted by Gasteiger charge is -2.22. The number of halogens is 1. The van der Waals surface area contributed by atoms with Gasteiger partial charge in [0.1, 0.15) is 0 Å². The molecule has 1 rings (SSSR count). The summed E-state index contributed by atoms with van der Waals surface area (Å²) in [4.78, 5) is 2.20. The lowest BCUT2D eigenvalue weighted by atomic mass is 9.86. The fourth-order valence-corrected chi connectivity index (χ4v) is 2.41. The Kier molecular flexibility index (Phi) is 7.44. The average Bonchev–Trinajstić information content (AvgIpc) is 2.34. The smallest absolute Gasteiger partial charge is 0.0406 e. The zero-order valence-corrected chi connectivity index (χ0v) is 13.4. The Hall–Kier alpha value is -0.570. The highest BCUT2D eigenvalue weighted by atomic mass is 35.5. The Morgan fingerprint density at radius 3 is 2.26 bits per heavy atom. The first-order valence-corrected chi connectivity index (χ1v) is 7.49. The zero-order chi connectivity index (χ0) is 14.3. The lowest BCUT2D eigenvalue weighted by molar-refractivity contribution is 0.390. The van der Waals surface area contributed by atoms with E-state index in [9.17, 15) is 0 Å². The van der Waals surface area contributed by atoms with Crippen molar-refractivity contribution < 1.29 is 0 Å². The van der Waals surface area contributed by atoms with Gasteiger partial charge in [-0.1, -0.05) is 37.6 Å². The maximum absolute atomic E-state index is 5.95. The first-order chi connectivity index (χ1) is 9.00. The number of nitrogens with one attached hydrogen (secondary N) is 1. The summed E-state index contributed by atoms with van der Waals surface area (Å²) in [5.74, 6) is 1.25. The first kappa shape index (κ1) is 16.5. The maximum atomic E-state index is 5.95. The van der Waals surface area contributed by atoms with Crippen LogP contribution in [0.2, 0.25) is 5.02 Å². The average molecular weight is 283 g/mol. The Bertz CT molecular complexity index is 346. The fraction of sp³-hybridized carbons (Fsp3) is 0.625. The second-order valence-corrected chi connectivity index (χ2v) is 6.18. The van der Waals surface area contributed by atoms with Gasteiger partial charge in [0.05, 0.1) is 0 Å². The quantitative estimate of drug-likeness (QED) is 0.733. The van der Waals surface area contributed by atoms with Gasteiger partial charge < -0.3 is 10.2 Å². The summed E-state index contributed by atoms with van der Waals surface area (Å²) in [6.45, 7) is 7.79. The summed E-state index contributed by atoms with van der Waals surface area (Å²) in [6, 6.07) is 8.30. The van der Waals surface area contributed by atoms with Crippen LogP contribution >= 0.6 is 11.6 Å². The molecule has 1 aromatic carbocycles. The molecule has 0 aliphatic rings. The van der Waals surface area contributed by atoms with E-state index in [0.29, 0.717) is 11.8 Å². The third-order valence-electron chi connectivity index (χ3n) is 3.47. The van der Waals surface area contributed by atoms with Gasteiger partial charge in [0.25, 0.3) is 0 Å². The molecule has 19 heavy (non-hydrogen) atoms. The van der Waals surface area contributed by atoms with E-state index in [0.717, 1.165) is 24.7 Å². The van der Waals surface area contributed by atoms with E-state index in [1.807, 2.05) is 12.1 Å². The molecular formula is C16H27ClN2. The molecule has 0 saturated heterocycles. The van der Waals surface area contributed by atoms with Crippen LogP contribution in [-0.4, -0.2) is 38.6 Å². The van der Waals surface area contributed by atoms with Gasteiger partial charge in [-0.05, 0) is 56.6 Å². The molecule has 108 valence electrons. The van der Waals surface area contributed by atoms with Crippen LogP contribution in [0.3, 0.4) is 0 Å². The fourth-order valence-electron chi connectivity index (χ4n) is 2.28. The van der Waals surface area contributed by atoms with Crippen LogP contribution in [0.5, 0.6) is 0 Å². The molecule has 0 aromatic heterocycles. The molecule has 0 saturated carbocycles. The normalized spacial score (nSPS) is 13.2. The summed E-state index contributed by atoms with van der Waals surface area (Å²) in [7, 11) is 4.21. The molecule has 1 atom stereocenters. The number of rotatable bonds is 8. The van der Waals surface area contributed by atoms with Crippen molar-refractivity contribution in [1.82, 2.24) is 10.2 Å². The highest BCUT2D eigenvalue weighted by molar-refractivity contribution is 6.30. The van der Waals surface area contributed by atoms with Crippen LogP contribution in [0, 0.1) is 5.92 Å². The van der Waals surface area contributed by atoms with Gasteiger partial charge in [0.15, 0.2) is 0 Å². The van der Waals surface area contributed by atoms with Crippen LogP contribution in [0.4, 0.5) is 0 Å². The molecule has 1 aromatic rings. The van der Waals surface area contributed by atoms with Gasteiger partial charge in [-0.2, -0.15) is 0 Å². The van der Waals surface area contributed by atoms with Crippen molar-refractivity contribution in [3.05, 3.63) is 34.9 Å². The van der Waals surface area contributed by atoms with Gasteiger partial charge in [-0.25, -0.2) is 0 Å². The minimum atomic E-state index is 0.601. The Balaban J connectivity index is 2.43. The van der Waals surface area contributed by atoms with E-state index in [1.54, 1.807) is 0 Å². The maximum Gasteiger partial charge on any atom is 0.0406 e. The summed E-state index contributed by atoms with van der Waals surface area (Å²) < 4.78 is 0. The number of benzene rings is 1.